The number of carbonyl (C=O) groups is 1. The van der Waals surface area contributed by atoms with Gasteiger partial charge in [0, 0.05) is 18.5 Å². The maximum absolute atomic E-state index is 11.7. The molecule has 2 rings (SSSR count). The zero-order valence-electron chi connectivity index (χ0n) is 14.5. The van der Waals surface area contributed by atoms with Crippen LogP contribution in [0.4, 0.5) is 0 Å². The number of ether oxygens (including phenoxy) is 1. The fraction of sp³-hybridized carbons (Fsp3) is 0.300. The molecule has 1 N–H and O–H groups in total. The van der Waals surface area contributed by atoms with Crippen molar-refractivity contribution in [3.8, 4) is 5.75 Å². The van der Waals surface area contributed by atoms with E-state index in [9.17, 15) is 4.79 Å². The van der Waals surface area contributed by atoms with Crippen molar-refractivity contribution in [2.45, 2.75) is 26.2 Å². The largest absolute Gasteiger partial charge is 0.492 e. The molecular weight excluding hydrogens is 300 g/mol. The molecule has 4 nitrogen and oxygen atoms in total. The molecule has 0 spiro atoms. The van der Waals surface area contributed by atoms with Gasteiger partial charge in [0.25, 0.3) is 0 Å². The quantitative estimate of drug-likeness (QED) is 0.652. The van der Waals surface area contributed by atoms with E-state index in [-0.39, 0.29) is 11.3 Å². The van der Waals surface area contributed by atoms with Gasteiger partial charge >= 0.3 is 0 Å². The molecule has 1 aromatic carbocycles. The molecule has 4 heteroatoms. The Labute approximate surface area is 143 Å². The highest BCUT2D eigenvalue weighted by molar-refractivity contribution is 5.91. The fourth-order valence-electron chi connectivity index (χ4n) is 2.10. The molecule has 0 aliphatic carbocycles. The molecule has 0 radical (unpaired) electrons. The van der Waals surface area contributed by atoms with Gasteiger partial charge in [-0.05, 0) is 46.9 Å². The highest BCUT2D eigenvalue weighted by Gasteiger charge is 2.12. The van der Waals surface area contributed by atoms with Crippen molar-refractivity contribution in [1.82, 2.24) is 10.3 Å². The highest BCUT2D eigenvalue weighted by atomic mass is 16.5. The van der Waals surface area contributed by atoms with E-state index >= 15 is 0 Å². The molecule has 0 saturated carbocycles. The Kier molecular flexibility index (Phi) is 6.13. The van der Waals surface area contributed by atoms with Crippen LogP contribution in [0.1, 0.15) is 31.9 Å². The molecule has 0 fully saturated rings. The Balaban J connectivity index is 1.71. The van der Waals surface area contributed by atoms with Gasteiger partial charge in [-0.2, -0.15) is 0 Å². The van der Waals surface area contributed by atoms with Crippen molar-refractivity contribution >= 4 is 12.0 Å². The summed E-state index contributed by atoms with van der Waals surface area (Å²) < 4.78 is 5.64. The summed E-state index contributed by atoms with van der Waals surface area (Å²) in [7, 11) is 0. The van der Waals surface area contributed by atoms with Crippen LogP contribution in [0.5, 0.6) is 5.75 Å². The number of nitrogens with zero attached hydrogens (tertiary/aromatic N) is 1. The van der Waals surface area contributed by atoms with E-state index in [4.69, 9.17) is 4.74 Å². The van der Waals surface area contributed by atoms with E-state index in [1.165, 1.54) is 11.6 Å². The first kappa shape index (κ1) is 17.7. The minimum atomic E-state index is -0.140. The average molecular weight is 324 g/mol. The van der Waals surface area contributed by atoms with Gasteiger partial charge in [0.15, 0.2) is 0 Å². The average Bonchev–Trinajstić information content (AvgIpc) is 2.57. The lowest BCUT2D eigenvalue weighted by Gasteiger charge is -2.19. The van der Waals surface area contributed by atoms with Gasteiger partial charge in [-0.3, -0.25) is 9.78 Å². The van der Waals surface area contributed by atoms with Crippen LogP contribution in [0.25, 0.3) is 6.08 Å². The number of hydrogen-bond acceptors (Lipinski definition) is 3. The lowest BCUT2D eigenvalue weighted by atomic mass is 9.87. The highest BCUT2D eigenvalue weighted by Crippen LogP contribution is 2.24. The molecule has 2 aromatic rings. The Morgan fingerprint density at radius 3 is 2.42 bits per heavy atom. The molecule has 0 bridgehead atoms. The van der Waals surface area contributed by atoms with E-state index in [0.29, 0.717) is 13.2 Å². The van der Waals surface area contributed by atoms with Gasteiger partial charge < -0.3 is 10.1 Å². The van der Waals surface area contributed by atoms with E-state index in [2.05, 4.69) is 43.2 Å². The van der Waals surface area contributed by atoms with Crippen molar-refractivity contribution < 1.29 is 9.53 Å². The molecule has 1 amide bonds. The maximum Gasteiger partial charge on any atom is 0.244 e. The number of aromatic nitrogens is 1. The predicted molar refractivity (Wildman–Crippen MR) is 96.9 cm³/mol. The second-order valence-corrected chi connectivity index (χ2v) is 6.53. The van der Waals surface area contributed by atoms with E-state index < -0.39 is 0 Å². The molecule has 1 heterocycles. The van der Waals surface area contributed by atoms with Crippen LogP contribution in [0.2, 0.25) is 0 Å². The van der Waals surface area contributed by atoms with Crippen LogP contribution < -0.4 is 10.1 Å². The number of amides is 1. The molecule has 126 valence electrons. The van der Waals surface area contributed by atoms with Crippen LogP contribution in [0.15, 0.2) is 54.9 Å². The first-order chi connectivity index (χ1) is 11.4. The summed E-state index contributed by atoms with van der Waals surface area (Å²) in [6.45, 7) is 7.43. The predicted octanol–water partition coefficient (Wildman–Crippen LogP) is 3.59. The zero-order chi connectivity index (χ0) is 17.4. The normalized spacial score (nSPS) is 11.5. The van der Waals surface area contributed by atoms with E-state index in [0.717, 1.165) is 11.3 Å². The fourth-order valence-corrected chi connectivity index (χ4v) is 2.10. The molecule has 0 aliphatic heterocycles. The molecule has 0 unspecified atom stereocenters. The number of carbonyl (C=O) groups excluding carboxylic acids is 1. The maximum atomic E-state index is 11.7. The van der Waals surface area contributed by atoms with Gasteiger partial charge in [0.05, 0.1) is 6.54 Å². The first-order valence-corrected chi connectivity index (χ1v) is 8.04. The second kappa shape index (κ2) is 8.29. The third-order valence-electron chi connectivity index (χ3n) is 3.52. The van der Waals surface area contributed by atoms with Crippen molar-refractivity contribution in [3.63, 3.8) is 0 Å². The topological polar surface area (TPSA) is 51.2 Å². The molecule has 1 aromatic heterocycles. The summed E-state index contributed by atoms with van der Waals surface area (Å²) in [6, 6.07) is 11.8. The minimum Gasteiger partial charge on any atom is -0.492 e. The van der Waals surface area contributed by atoms with Crippen LogP contribution >= 0.6 is 0 Å². The molecule has 24 heavy (non-hydrogen) atoms. The lowest BCUT2D eigenvalue weighted by Crippen LogP contribution is -2.26. The smallest absolute Gasteiger partial charge is 0.244 e. The van der Waals surface area contributed by atoms with Crippen molar-refractivity contribution in [2.75, 3.05) is 13.2 Å². The summed E-state index contributed by atoms with van der Waals surface area (Å²) in [5.41, 5.74) is 2.34. The molecule has 0 aliphatic rings. The van der Waals surface area contributed by atoms with E-state index in [1.54, 1.807) is 18.5 Å². The Morgan fingerprint density at radius 1 is 1.12 bits per heavy atom. The standard InChI is InChI=1S/C20H24N2O2/c1-20(2,3)17-5-7-18(8-6-17)24-15-14-22-19(23)9-4-16-10-12-21-13-11-16/h4-13H,14-15H2,1-3H3,(H,22,23)/b9-4+. The van der Waals surface area contributed by atoms with Gasteiger partial charge in [0.1, 0.15) is 12.4 Å². The second-order valence-electron chi connectivity index (χ2n) is 6.53. The van der Waals surface area contributed by atoms with Crippen molar-refractivity contribution in [1.29, 1.82) is 0 Å². The number of pyridine rings is 1. The third kappa shape index (κ3) is 5.88. The molecule has 0 atom stereocenters. The number of hydrogen-bond donors (Lipinski definition) is 1. The Hall–Kier alpha value is -2.62. The monoisotopic (exact) mass is 324 g/mol. The van der Waals surface area contributed by atoms with Crippen molar-refractivity contribution in [2.24, 2.45) is 0 Å². The number of rotatable bonds is 6. The van der Waals surface area contributed by atoms with Gasteiger partial charge in [-0.25, -0.2) is 0 Å². The summed E-state index contributed by atoms with van der Waals surface area (Å²) in [5, 5.41) is 2.79. The Bertz CT molecular complexity index is 671. The minimum absolute atomic E-state index is 0.133. The lowest BCUT2D eigenvalue weighted by molar-refractivity contribution is -0.116. The number of benzene rings is 1. The first-order valence-electron chi connectivity index (χ1n) is 8.04. The zero-order valence-corrected chi connectivity index (χ0v) is 14.5. The van der Waals surface area contributed by atoms with Gasteiger partial charge in [0.2, 0.25) is 5.91 Å². The van der Waals surface area contributed by atoms with Gasteiger partial charge in [-0.1, -0.05) is 32.9 Å². The summed E-state index contributed by atoms with van der Waals surface area (Å²) in [4.78, 5) is 15.6. The Morgan fingerprint density at radius 2 is 1.79 bits per heavy atom. The van der Waals surface area contributed by atoms with Crippen LogP contribution in [0.3, 0.4) is 0 Å². The van der Waals surface area contributed by atoms with Crippen LogP contribution in [-0.4, -0.2) is 24.0 Å². The summed E-state index contributed by atoms with van der Waals surface area (Å²) in [5.74, 6) is 0.670. The summed E-state index contributed by atoms with van der Waals surface area (Å²) in [6.07, 6.45) is 6.64. The number of nitrogens with one attached hydrogen (secondary N) is 1. The summed E-state index contributed by atoms with van der Waals surface area (Å²) >= 11 is 0. The molecular formula is C20H24N2O2. The van der Waals surface area contributed by atoms with Gasteiger partial charge in [-0.15, -0.1) is 0 Å². The van der Waals surface area contributed by atoms with E-state index in [1.807, 2.05) is 24.3 Å². The van der Waals surface area contributed by atoms with Crippen LogP contribution in [-0.2, 0) is 10.2 Å². The third-order valence-corrected chi connectivity index (χ3v) is 3.52. The van der Waals surface area contributed by atoms with Crippen molar-refractivity contribution in [3.05, 3.63) is 66.0 Å². The van der Waals surface area contributed by atoms with Crippen LogP contribution in [0, 0.1) is 0 Å². The molecule has 0 saturated heterocycles. The SMILES string of the molecule is CC(C)(C)c1ccc(OCCNC(=O)/C=C/c2ccncc2)cc1.